The molecule has 0 bridgehead atoms. The summed E-state index contributed by atoms with van der Waals surface area (Å²) < 4.78 is 5.54. The van der Waals surface area contributed by atoms with Gasteiger partial charge in [-0.1, -0.05) is 6.07 Å². The monoisotopic (exact) mass is 298 g/mol. The Morgan fingerprint density at radius 2 is 2.14 bits per heavy atom. The van der Waals surface area contributed by atoms with Crippen molar-refractivity contribution in [3.63, 3.8) is 0 Å². The van der Waals surface area contributed by atoms with E-state index in [-0.39, 0.29) is 19.1 Å². The van der Waals surface area contributed by atoms with Crippen molar-refractivity contribution in [3.8, 4) is 5.75 Å². The number of rotatable bonds is 5. The summed E-state index contributed by atoms with van der Waals surface area (Å²) >= 11 is 0. The third kappa shape index (κ3) is 3.26. The first-order valence-electron chi connectivity index (χ1n) is 7.34. The number of aliphatic hydroxyl groups excluding tert-OH is 1. The number of aromatic nitrogens is 1. The van der Waals surface area contributed by atoms with E-state index in [0.717, 1.165) is 12.8 Å². The SMILES string of the molecule is O=C(COc1ccc2c(c1)CCC2)Nc1cnccc1CO. The fourth-order valence-electron chi connectivity index (χ4n) is 2.65. The Morgan fingerprint density at radius 3 is 3.00 bits per heavy atom. The van der Waals surface area contributed by atoms with Crippen LogP contribution in [0.3, 0.4) is 0 Å². The van der Waals surface area contributed by atoms with Crippen molar-refractivity contribution in [1.82, 2.24) is 4.98 Å². The predicted octanol–water partition coefficient (Wildman–Crippen LogP) is 2.08. The molecule has 0 radical (unpaired) electrons. The lowest BCUT2D eigenvalue weighted by Crippen LogP contribution is -2.21. The number of amides is 1. The summed E-state index contributed by atoms with van der Waals surface area (Å²) in [6.07, 6.45) is 6.47. The largest absolute Gasteiger partial charge is 0.484 e. The first kappa shape index (κ1) is 14.5. The van der Waals surface area contributed by atoms with E-state index in [4.69, 9.17) is 4.74 Å². The molecule has 22 heavy (non-hydrogen) atoms. The molecule has 1 heterocycles. The molecule has 0 atom stereocenters. The van der Waals surface area contributed by atoms with Crippen LogP contribution in [0.4, 0.5) is 5.69 Å². The lowest BCUT2D eigenvalue weighted by molar-refractivity contribution is -0.118. The van der Waals surface area contributed by atoms with Gasteiger partial charge in [0, 0.05) is 11.8 Å². The fourth-order valence-corrected chi connectivity index (χ4v) is 2.65. The highest BCUT2D eigenvalue weighted by atomic mass is 16.5. The van der Waals surface area contributed by atoms with Crippen molar-refractivity contribution in [1.29, 1.82) is 0 Å². The number of aryl methyl sites for hydroxylation is 2. The van der Waals surface area contributed by atoms with Crippen molar-refractivity contribution in [2.24, 2.45) is 0 Å². The van der Waals surface area contributed by atoms with Crippen LogP contribution in [0.2, 0.25) is 0 Å². The van der Waals surface area contributed by atoms with Crippen LogP contribution in [-0.4, -0.2) is 22.6 Å². The fraction of sp³-hybridized carbons (Fsp3) is 0.294. The van der Waals surface area contributed by atoms with E-state index >= 15 is 0 Å². The molecule has 2 N–H and O–H groups in total. The molecule has 0 saturated carbocycles. The molecule has 0 spiro atoms. The van der Waals surface area contributed by atoms with Gasteiger partial charge in [0.1, 0.15) is 5.75 Å². The summed E-state index contributed by atoms with van der Waals surface area (Å²) in [6, 6.07) is 7.65. The smallest absolute Gasteiger partial charge is 0.262 e. The second-order valence-corrected chi connectivity index (χ2v) is 5.31. The van der Waals surface area contributed by atoms with Crippen LogP contribution in [-0.2, 0) is 24.2 Å². The number of anilines is 1. The molecule has 0 unspecified atom stereocenters. The number of carbonyl (C=O) groups excluding carboxylic acids is 1. The van der Waals surface area contributed by atoms with Crippen LogP contribution in [0.25, 0.3) is 0 Å². The molecule has 0 aliphatic heterocycles. The average molecular weight is 298 g/mol. The van der Waals surface area contributed by atoms with Crippen LogP contribution < -0.4 is 10.1 Å². The predicted molar refractivity (Wildman–Crippen MR) is 82.8 cm³/mol. The summed E-state index contributed by atoms with van der Waals surface area (Å²) in [5.41, 5.74) is 3.82. The van der Waals surface area contributed by atoms with Gasteiger partial charge in [-0.25, -0.2) is 0 Å². The number of carbonyl (C=O) groups is 1. The highest BCUT2D eigenvalue weighted by Crippen LogP contribution is 2.26. The first-order valence-corrected chi connectivity index (χ1v) is 7.34. The van der Waals surface area contributed by atoms with E-state index in [9.17, 15) is 9.90 Å². The third-order valence-electron chi connectivity index (χ3n) is 3.80. The molecule has 114 valence electrons. The molecule has 1 amide bonds. The Hall–Kier alpha value is -2.40. The molecule has 2 aromatic rings. The number of nitrogens with one attached hydrogen (secondary N) is 1. The molecule has 1 aliphatic carbocycles. The second kappa shape index (κ2) is 6.58. The Labute approximate surface area is 129 Å². The Morgan fingerprint density at radius 1 is 1.27 bits per heavy atom. The summed E-state index contributed by atoms with van der Waals surface area (Å²) in [5, 5.41) is 11.9. The van der Waals surface area contributed by atoms with Crippen molar-refractivity contribution >= 4 is 11.6 Å². The molecule has 1 aromatic heterocycles. The van der Waals surface area contributed by atoms with E-state index < -0.39 is 0 Å². The number of hydrogen-bond donors (Lipinski definition) is 2. The number of fused-ring (bicyclic) bond motifs is 1. The van der Waals surface area contributed by atoms with Crippen LogP contribution in [0.1, 0.15) is 23.1 Å². The number of ether oxygens (including phenoxy) is 1. The molecular weight excluding hydrogens is 280 g/mol. The van der Waals surface area contributed by atoms with E-state index in [0.29, 0.717) is 17.0 Å². The minimum absolute atomic E-state index is 0.0709. The van der Waals surface area contributed by atoms with Crippen molar-refractivity contribution in [3.05, 3.63) is 53.3 Å². The zero-order valence-corrected chi connectivity index (χ0v) is 12.2. The highest BCUT2D eigenvalue weighted by molar-refractivity contribution is 5.92. The van der Waals surface area contributed by atoms with E-state index in [2.05, 4.69) is 16.4 Å². The second-order valence-electron chi connectivity index (χ2n) is 5.31. The summed E-state index contributed by atoms with van der Waals surface area (Å²) in [7, 11) is 0. The van der Waals surface area contributed by atoms with E-state index in [1.54, 1.807) is 12.3 Å². The lowest BCUT2D eigenvalue weighted by Gasteiger charge is -2.10. The van der Waals surface area contributed by atoms with Gasteiger partial charge in [-0.2, -0.15) is 0 Å². The van der Waals surface area contributed by atoms with E-state index in [1.807, 2.05) is 12.1 Å². The van der Waals surface area contributed by atoms with Gasteiger partial charge >= 0.3 is 0 Å². The topological polar surface area (TPSA) is 71.5 Å². The van der Waals surface area contributed by atoms with Crippen LogP contribution in [0.5, 0.6) is 5.75 Å². The molecular formula is C17H18N2O3. The maximum Gasteiger partial charge on any atom is 0.262 e. The first-order chi connectivity index (χ1) is 10.8. The van der Waals surface area contributed by atoms with Gasteiger partial charge in [0.05, 0.1) is 18.5 Å². The minimum Gasteiger partial charge on any atom is -0.484 e. The van der Waals surface area contributed by atoms with Gasteiger partial charge in [-0.3, -0.25) is 9.78 Å². The van der Waals surface area contributed by atoms with Gasteiger partial charge in [0.25, 0.3) is 5.91 Å². The molecule has 0 fully saturated rings. The maximum absolute atomic E-state index is 11.9. The zero-order valence-electron chi connectivity index (χ0n) is 12.2. The normalized spacial score (nSPS) is 12.8. The Balaban J connectivity index is 1.58. The average Bonchev–Trinajstić information content (AvgIpc) is 3.01. The lowest BCUT2D eigenvalue weighted by atomic mass is 10.1. The van der Waals surface area contributed by atoms with Gasteiger partial charge in [-0.05, 0) is 48.6 Å². The molecule has 1 aliphatic rings. The summed E-state index contributed by atoms with van der Waals surface area (Å²) in [4.78, 5) is 15.9. The highest BCUT2D eigenvalue weighted by Gasteiger charge is 2.12. The number of pyridine rings is 1. The van der Waals surface area contributed by atoms with Gasteiger partial charge in [0.2, 0.25) is 0 Å². The third-order valence-corrected chi connectivity index (χ3v) is 3.80. The van der Waals surface area contributed by atoms with Crippen molar-refractivity contribution < 1.29 is 14.6 Å². The molecule has 1 aromatic carbocycles. The van der Waals surface area contributed by atoms with Crippen LogP contribution in [0, 0.1) is 0 Å². The summed E-state index contributed by atoms with van der Waals surface area (Å²) in [6.45, 7) is -0.220. The van der Waals surface area contributed by atoms with Crippen LogP contribution >= 0.6 is 0 Å². The zero-order chi connectivity index (χ0) is 15.4. The van der Waals surface area contributed by atoms with Crippen molar-refractivity contribution in [2.45, 2.75) is 25.9 Å². The van der Waals surface area contributed by atoms with Crippen LogP contribution in [0.15, 0.2) is 36.7 Å². The van der Waals surface area contributed by atoms with E-state index in [1.165, 1.54) is 23.7 Å². The van der Waals surface area contributed by atoms with Crippen molar-refractivity contribution in [2.75, 3.05) is 11.9 Å². The number of hydrogen-bond acceptors (Lipinski definition) is 4. The van der Waals surface area contributed by atoms with Gasteiger partial charge < -0.3 is 15.2 Å². The number of aliphatic hydroxyl groups is 1. The molecule has 5 nitrogen and oxygen atoms in total. The quantitative estimate of drug-likeness (QED) is 0.886. The number of nitrogens with zero attached hydrogens (tertiary/aromatic N) is 1. The molecule has 0 saturated heterocycles. The molecule has 3 rings (SSSR count). The maximum atomic E-state index is 11.9. The summed E-state index contributed by atoms with van der Waals surface area (Å²) in [5.74, 6) is 0.438. The Bertz CT molecular complexity index is 685. The van der Waals surface area contributed by atoms with Gasteiger partial charge in [0.15, 0.2) is 6.61 Å². The van der Waals surface area contributed by atoms with Gasteiger partial charge in [-0.15, -0.1) is 0 Å². The minimum atomic E-state index is -0.275. The Kier molecular flexibility index (Phi) is 4.34. The molecule has 5 heteroatoms. The standard InChI is InChI=1S/C17H18N2O3/c20-10-14-6-7-18-9-16(14)19-17(21)11-22-15-5-4-12-2-1-3-13(12)8-15/h4-9,20H,1-3,10-11H2,(H,19,21). The number of benzene rings is 1.